The second kappa shape index (κ2) is 5.91. The lowest BCUT2D eigenvalue weighted by atomic mass is 10.2. The van der Waals surface area contributed by atoms with Crippen LogP contribution in [0.15, 0.2) is 41.0 Å². The van der Waals surface area contributed by atoms with Crippen molar-refractivity contribution in [1.82, 2.24) is 4.98 Å². The minimum Gasteiger partial charge on any atom is -0.354 e. The highest BCUT2D eigenvalue weighted by Gasteiger charge is 2.08. The van der Waals surface area contributed by atoms with Crippen LogP contribution in [-0.4, -0.2) is 12.0 Å². The van der Waals surface area contributed by atoms with Crippen LogP contribution >= 0.6 is 39.1 Å². The van der Waals surface area contributed by atoms with Gasteiger partial charge in [0, 0.05) is 29.3 Å². The third kappa shape index (κ3) is 3.37. The van der Waals surface area contributed by atoms with Crippen molar-refractivity contribution >= 4 is 44.9 Å². The Morgan fingerprint density at radius 1 is 1.22 bits per heavy atom. The van der Waals surface area contributed by atoms with Gasteiger partial charge in [-0.3, -0.25) is 0 Å². The molecule has 0 aliphatic rings. The third-order valence-corrected chi connectivity index (χ3v) is 3.45. The van der Waals surface area contributed by atoms with Crippen LogP contribution in [0, 0.1) is 0 Å². The van der Waals surface area contributed by atoms with E-state index < -0.39 is 0 Å². The van der Waals surface area contributed by atoms with Gasteiger partial charge in [-0.25, -0.2) is 4.98 Å². The number of hydrogen-bond acceptors (Lipinski definition) is 2. The zero-order valence-electron chi connectivity index (χ0n) is 9.70. The van der Waals surface area contributed by atoms with Crippen molar-refractivity contribution < 1.29 is 0 Å². The molecule has 1 aromatic heterocycles. The monoisotopic (exact) mass is 344 g/mol. The molecule has 0 bridgehead atoms. The molecular formula is C13H11BrCl2N2. The van der Waals surface area contributed by atoms with Crippen LogP contribution in [0.3, 0.4) is 0 Å². The number of rotatable bonds is 3. The van der Waals surface area contributed by atoms with E-state index in [4.69, 9.17) is 23.2 Å². The van der Waals surface area contributed by atoms with E-state index >= 15 is 0 Å². The van der Waals surface area contributed by atoms with Gasteiger partial charge in [-0.2, -0.15) is 0 Å². The molecule has 0 aliphatic heterocycles. The summed E-state index contributed by atoms with van der Waals surface area (Å²) in [6.45, 7) is 0.728. The number of anilines is 1. The number of benzene rings is 1. The van der Waals surface area contributed by atoms with Gasteiger partial charge in [-0.15, -0.1) is 0 Å². The second-order valence-corrected chi connectivity index (χ2v) is 5.70. The molecule has 2 rings (SSSR count). The van der Waals surface area contributed by atoms with Crippen molar-refractivity contribution in [2.24, 2.45) is 0 Å². The van der Waals surface area contributed by atoms with Crippen LogP contribution in [0.25, 0.3) is 0 Å². The van der Waals surface area contributed by atoms with Gasteiger partial charge in [0.2, 0.25) is 0 Å². The lowest BCUT2D eigenvalue weighted by Gasteiger charge is -2.19. The van der Waals surface area contributed by atoms with E-state index in [0.29, 0.717) is 5.02 Å². The molecule has 2 nitrogen and oxygen atoms in total. The van der Waals surface area contributed by atoms with Crippen molar-refractivity contribution in [2.75, 3.05) is 11.9 Å². The first-order valence-electron chi connectivity index (χ1n) is 5.33. The summed E-state index contributed by atoms with van der Waals surface area (Å²) in [5.41, 5.74) is 1.16. The van der Waals surface area contributed by atoms with E-state index in [0.717, 1.165) is 27.4 Å². The molecule has 0 radical (unpaired) electrons. The molecule has 0 spiro atoms. The van der Waals surface area contributed by atoms with E-state index in [1.54, 1.807) is 6.20 Å². The second-order valence-electron chi connectivity index (χ2n) is 3.94. The topological polar surface area (TPSA) is 16.1 Å². The van der Waals surface area contributed by atoms with Crippen molar-refractivity contribution in [2.45, 2.75) is 6.54 Å². The molecule has 1 heterocycles. The molecule has 1 aromatic carbocycles. The summed E-state index contributed by atoms with van der Waals surface area (Å²) in [4.78, 5) is 6.31. The molecule has 0 fully saturated rings. The fourth-order valence-corrected chi connectivity index (χ4v) is 2.53. The SMILES string of the molecule is CN(Cc1ccc(Cl)cc1)c1ncc(Br)cc1Cl. The number of pyridine rings is 1. The van der Waals surface area contributed by atoms with Gasteiger partial charge in [-0.1, -0.05) is 35.3 Å². The van der Waals surface area contributed by atoms with Gasteiger partial charge in [0.25, 0.3) is 0 Å². The van der Waals surface area contributed by atoms with E-state index in [9.17, 15) is 0 Å². The molecule has 0 atom stereocenters. The molecule has 2 aromatic rings. The Hall–Kier alpha value is -0.770. The minimum absolute atomic E-state index is 0.626. The Balaban J connectivity index is 2.16. The van der Waals surface area contributed by atoms with E-state index in [-0.39, 0.29) is 0 Å². The van der Waals surface area contributed by atoms with Crippen molar-refractivity contribution in [3.05, 3.63) is 56.6 Å². The predicted octanol–water partition coefficient (Wildman–Crippen LogP) is 4.79. The van der Waals surface area contributed by atoms with E-state index in [2.05, 4.69) is 20.9 Å². The highest BCUT2D eigenvalue weighted by atomic mass is 79.9. The molecule has 0 amide bonds. The Bertz CT molecular complexity index is 543. The number of hydrogen-bond donors (Lipinski definition) is 0. The predicted molar refractivity (Wildman–Crippen MR) is 80.5 cm³/mol. The summed E-state index contributed by atoms with van der Waals surface area (Å²) in [6, 6.07) is 9.57. The molecule has 0 unspecified atom stereocenters. The Kier molecular flexibility index (Phi) is 4.49. The number of halogens is 3. The normalized spacial score (nSPS) is 10.4. The summed E-state index contributed by atoms with van der Waals surface area (Å²) < 4.78 is 0.871. The smallest absolute Gasteiger partial charge is 0.147 e. The summed E-state index contributed by atoms with van der Waals surface area (Å²) in [5.74, 6) is 0.759. The van der Waals surface area contributed by atoms with Crippen LogP contribution in [0.4, 0.5) is 5.82 Å². The van der Waals surface area contributed by atoms with Gasteiger partial charge >= 0.3 is 0 Å². The van der Waals surface area contributed by atoms with Gasteiger partial charge < -0.3 is 4.90 Å². The highest BCUT2D eigenvalue weighted by Crippen LogP contribution is 2.26. The number of aromatic nitrogens is 1. The molecule has 94 valence electrons. The Morgan fingerprint density at radius 2 is 1.89 bits per heavy atom. The molecule has 5 heteroatoms. The van der Waals surface area contributed by atoms with E-state index in [1.807, 2.05) is 42.3 Å². The standard InChI is InChI=1S/C13H11BrCl2N2/c1-18(8-9-2-4-11(15)5-3-9)13-12(16)6-10(14)7-17-13/h2-7H,8H2,1H3. The molecule has 18 heavy (non-hydrogen) atoms. The average molecular weight is 346 g/mol. The van der Waals surface area contributed by atoms with Crippen LogP contribution in [0.5, 0.6) is 0 Å². The molecule has 0 saturated heterocycles. The Labute approximate surface area is 125 Å². The van der Waals surface area contributed by atoms with Crippen LogP contribution in [0.2, 0.25) is 10.0 Å². The van der Waals surface area contributed by atoms with Gasteiger partial charge in [-0.05, 0) is 39.7 Å². The van der Waals surface area contributed by atoms with Crippen molar-refractivity contribution in [3.8, 4) is 0 Å². The van der Waals surface area contributed by atoms with Crippen molar-refractivity contribution in [3.63, 3.8) is 0 Å². The zero-order chi connectivity index (χ0) is 13.1. The first-order valence-corrected chi connectivity index (χ1v) is 6.88. The highest BCUT2D eigenvalue weighted by molar-refractivity contribution is 9.10. The first-order chi connectivity index (χ1) is 8.56. The first kappa shape index (κ1) is 13.7. The fourth-order valence-electron chi connectivity index (χ4n) is 1.63. The zero-order valence-corrected chi connectivity index (χ0v) is 12.8. The lowest BCUT2D eigenvalue weighted by molar-refractivity contribution is 0.897. The lowest BCUT2D eigenvalue weighted by Crippen LogP contribution is -2.18. The third-order valence-electron chi connectivity index (χ3n) is 2.48. The van der Waals surface area contributed by atoms with Crippen LogP contribution in [-0.2, 0) is 6.54 Å². The maximum Gasteiger partial charge on any atom is 0.147 e. The summed E-state index contributed by atoms with van der Waals surface area (Å²) in [7, 11) is 1.96. The van der Waals surface area contributed by atoms with Gasteiger partial charge in [0.1, 0.15) is 5.82 Å². The molecule has 0 N–H and O–H groups in total. The maximum atomic E-state index is 6.16. The average Bonchev–Trinajstić information content (AvgIpc) is 2.32. The maximum absolute atomic E-state index is 6.16. The van der Waals surface area contributed by atoms with Gasteiger partial charge in [0.15, 0.2) is 0 Å². The van der Waals surface area contributed by atoms with Crippen molar-refractivity contribution in [1.29, 1.82) is 0 Å². The minimum atomic E-state index is 0.626. The van der Waals surface area contributed by atoms with Gasteiger partial charge in [0.05, 0.1) is 5.02 Å². The largest absolute Gasteiger partial charge is 0.354 e. The Morgan fingerprint density at radius 3 is 2.50 bits per heavy atom. The van der Waals surface area contributed by atoms with E-state index in [1.165, 1.54) is 0 Å². The van der Waals surface area contributed by atoms with Crippen LogP contribution in [0.1, 0.15) is 5.56 Å². The molecule has 0 saturated carbocycles. The molecule has 0 aliphatic carbocycles. The fraction of sp³-hybridized carbons (Fsp3) is 0.154. The summed E-state index contributed by atoms with van der Waals surface area (Å²) >= 11 is 15.4. The quantitative estimate of drug-likeness (QED) is 0.795. The molecular weight excluding hydrogens is 335 g/mol. The summed E-state index contributed by atoms with van der Waals surface area (Å²) in [5, 5.41) is 1.36. The summed E-state index contributed by atoms with van der Waals surface area (Å²) in [6.07, 6.45) is 1.74. The van der Waals surface area contributed by atoms with Crippen LogP contribution < -0.4 is 4.90 Å². The number of nitrogens with zero attached hydrogens (tertiary/aromatic N) is 2.